The summed E-state index contributed by atoms with van der Waals surface area (Å²) < 4.78 is 6.57. The molecule has 5 nitrogen and oxygen atoms in total. The largest absolute Gasteiger partial charge is 0.459 e. The van der Waals surface area contributed by atoms with Gasteiger partial charge >= 0.3 is 5.97 Å². The lowest BCUT2D eigenvalue weighted by Gasteiger charge is -2.21. The summed E-state index contributed by atoms with van der Waals surface area (Å²) in [7, 11) is 0. The maximum absolute atomic E-state index is 12.5. The quantitative estimate of drug-likeness (QED) is 0.634. The van der Waals surface area contributed by atoms with Crippen LogP contribution in [0.5, 0.6) is 0 Å². The number of hydrogen-bond acceptors (Lipinski definition) is 6. The van der Waals surface area contributed by atoms with E-state index in [1.807, 2.05) is 24.3 Å². The maximum atomic E-state index is 12.5. The normalized spacial score (nSPS) is 15.1. The predicted octanol–water partition coefficient (Wildman–Crippen LogP) is 5.10. The molecule has 1 N–H and O–H groups in total. The molecule has 1 aliphatic rings. The van der Waals surface area contributed by atoms with Crippen molar-refractivity contribution in [2.45, 2.75) is 38.2 Å². The highest BCUT2D eigenvalue weighted by Gasteiger charge is 2.23. The average molecular weight is 386 g/mol. The first-order valence-electron chi connectivity index (χ1n) is 8.66. The summed E-state index contributed by atoms with van der Waals surface area (Å²) in [6.45, 7) is 0. The van der Waals surface area contributed by atoms with Crippen LogP contribution in [0.15, 0.2) is 35.7 Å². The number of carbonyl (C=O) groups is 2. The Morgan fingerprint density at radius 1 is 1.12 bits per heavy atom. The van der Waals surface area contributed by atoms with E-state index in [1.165, 1.54) is 29.1 Å². The van der Waals surface area contributed by atoms with E-state index in [-0.39, 0.29) is 18.0 Å². The summed E-state index contributed by atoms with van der Waals surface area (Å²) >= 11 is 2.65. The molecule has 7 heteroatoms. The number of thiazole rings is 1. The average Bonchev–Trinajstić information content (AvgIpc) is 3.29. The first-order valence-corrected chi connectivity index (χ1v) is 10.4. The van der Waals surface area contributed by atoms with E-state index in [0.29, 0.717) is 15.6 Å². The first kappa shape index (κ1) is 17.2. The summed E-state index contributed by atoms with van der Waals surface area (Å²) in [5.41, 5.74) is 1.21. The molecular formula is C19H18N2O3S2. The molecular weight excluding hydrogens is 368 g/mol. The van der Waals surface area contributed by atoms with Crippen molar-refractivity contribution in [3.63, 3.8) is 0 Å². The van der Waals surface area contributed by atoms with Crippen LogP contribution in [0, 0.1) is 0 Å². The Balaban J connectivity index is 1.47. The minimum Gasteiger partial charge on any atom is -0.459 e. The fourth-order valence-corrected chi connectivity index (χ4v) is 4.72. The topological polar surface area (TPSA) is 68.3 Å². The van der Waals surface area contributed by atoms with Crippen LogP contribution >= 0.6 is 22.7 Å². The number of hydrogen-bond donors (Lipinski definition) is 1. The third-order valence-electron chi connectivity index (χ3n) is 4.43. The molecule has 0 saturated heterocycles. The number of rotatable bonds is 4. The summed E-state index contributed by atoms with van der Waals surface area (Å²) in [5, 5.41) is 5.49. The molecule has 0 atom stereocenters. The van der Waals surface area contributed by atoms with Crippen LogP contribution in [0.3, 0.4) is 0 Å². The van der Waals surface area contributed by atoms with Crippen molar-refractivity contribution in [2.75, 3.05) is 5.32 Å². The molecule has 0 unspecified atom stereocenters. The SMILES string of the molecule is O=C(Nc1sccc1C(=O)OC1CCCCC1)c1nc2ccccc2s1. The molecule has 0 aliphatic heterocycles. The Morgan fingerprint density at radius 3 is 2.73 bits per heavy atom. The van der Waals surface area contributed by atoms with Gasteiger partial charge in [0.2, 0.25) is 0 Å². The molecule has 134 valence electrons. The van der Waals surface area contributed by atoms with E-state index in [0.717, 1.165) is 35.9 Å². The summed E-state index contributed by atoms with van der Waals surface area (Å²) in [6, 6.07) is 9.32. The van der Waals surface area contributed by atoms with Crippen molar-refractivity contribution in [3.8, 4) is 0 Å². The number of thiophene rings is 1. The third kappa shape index (κ3) is 3.64. The monoisotopic (exact) mass is 386 g/mol. The van der Waals surface area contributed by atoms with Crippen LogP contribution in [0.1, 0.15) is 52.3 Å². The van der Waals surface area contributed by atoms with Gasteiger partial charge in [-0.05, 0) is 49.3 Å². The number of aromatic nitrogens is 1. The van der Waals surface area contributed by atoms with E-state index in [2.05, 4.69) is 10.3 Å². The van der Waals surface area contributed by atoms with E-state index in [9.17, 15) is 9.59 Å². The minimum absolute atomic E-state index is 0.0102. The minimum atomic E-state index is -0.363. The molecule has 0 bridgehead atoms. The highest BCUT2D eigenvalue weighted by molar-refractivity contribution is 7.20. The lowest BCUT2D eigenvalue weighted by atomic mass is 9.98. The standard InChI is InChI=1S/C19H18N2O3S2/c22-16(18-20-14-8-4-5-9-15(14)26-18)21-17-13(10-11-25-17)19(23)24-12-6-2-1-3-7-12/h4-5,8-12H,1-3,6-7H2,(H,21,22). The second kappa shape index (κ2) is 7.55. The molecule has 4 rings (SSSR count). The molecule has 2 aromatic heterocycles. The van der Waals surface area contributed by atoms with Crippen molar-refractivity contribution < 1.29 is 14.3 Å². The van der Waals surface area contributed by atoms with Gasteiger partial charge in [-0.25, -0.2) is 9.78 Å². The van der Waals surface area contributed by atoms with Gasteiger partial charge in [-0.15, -0.1) is 22.7 Å². The maximum Gasteiger partial charge on any atom is 0.341 e. The Bertz CT molecular complexity index is 908. The molecule has 1 amide bonds. The number of esters is 1. The lowest BCUT2D eigenvalue weighted by molar-refractivity contribution is 0.0213. The Hall–Kier alpha value is -2.25. The van der Waals surface area contributed by atoms with Crippen molar-refractivity contribution in [1.29, 1.82) is 0 Å². The molecule has 1 aromatic carbocycles. The smallest absolute Gasteiger partial charge is 0.341 e. The second-order valence-electron chi connectivity index (χ2n) is 6.27. The van der Waals surface area contributed by atoms with Gasteiger partial charge in [0.1, 0.15) is 11.1 Å². The van der Waals surface area contributed by atoms with Crippen LogP contribution < -0.4 is 5.32 Å². The van der Waals surface area contributed by atoms with Gasteiger partial charge in [-0.2, -0.15) is 0 Å². The molecule has 2 heterocycles. The number of fused-ring (bicyclic) bond motifs is 1. The van der Waals surface area contributed by atoms with Gasteiger partial charge in [0, 0.05) is 0 Å². The van der Waals surface area contributed by atoms with Gasteiger partial charge in [0.25, 0.3) is 5.91 Å². The van der Waals surface area contributed by atoms with Gasteiger partial charge in [0.15, 0.2) is 5.01 Å². The zero-order chi connectivity index (χ0) is 17.9. The number of carbonyl (C=O) groups excluding carboxylic acids is 2. The fraction of sp³-hybridized carbons (Fsp3) is 0.316. The van der Waals surface area contributed by atoms with Gasteiger partial charge in [-0.3, -0.25) is 4.79 Å². The van der Waals surface area contributed by atoms with Crippen molar-refractivity contribution >= 4 is 49.8 Å². The van der Waals surface area contributed by atoms with Crippen molar-refractivity contribution in [1.82, 2.24) is 4.98 Å². The summed E-state index contributed by atoms with van der Waals surface area (Å²) in [6.07, 6.45) is 5.23. The molecule has 3 aromatic rings. The van der Waals surface area contributed by atoms with Gasteiger partial charge in [-0.1, -0.05) is 18.6 Å². The Labute approximate surface area is 159 Å². The Morgan fingerprint density at radius 2 is 1.92 bits per heavy atom. The summed E-state index contributed by atoms with van der Waals surface area (Å²) in [4.78, 5) is 29.4. The van der Waals surface area contributed by atoms with Crippen LogP contribution in [0.25, 0.3) is 10.2 Å². The molecule has 26 heavy (non-hydrogen) atoms. The van der Waals surface area contributed by atoms with Crippen molar-refractivity contribution in [2.24, 2.45) is 0 Å². The van der Waals surface area contributed by atoms with E-state index >= 15 is 0 Å². The molecule has 0 radical (unpaired) electrons. The zero-order valence-corrected chi connectivity index (χ0v) is 15.7. The summed E-state index contributed by atoms with van der Waals surface area (Å²) in [5.74, 6) is -0.668. The highest BCUT2D eigenvalue weighted by atomic mass is 32.1. The highest BCUT2D eigenvalue weighted by Crippen LogP contribution is 2.28. The second-order valence-corrected chi connectivity index (χ2v) is 8.22. The Kier molecular flexibility index (Phi) is 4.99. The predicted molar refractivity (Wildman–Crippen MR) is 104 cm³/mol. The van der Waals surface area contributed by atoms with Crippen molar-refractivity contribution in [3.05, 3.63) is 46.3 Å². The van der Waals surface area contributed by atoms with E-state index < -0.39 is 0 Å². The van der Waals surface area contributed by atoms with Crippen LogP contribution in [0.4, 0.5) is 5.00 Å². The van der Waals surface area contributed by atoms with E-state index in [1.54, 1.807) is 11.4 Å². The van der Waals surface area contributed by atoms with Gasteiger partial charge < -0.3 is 10.1 Å². The number of ether oxygens (including phenoxy) is 1. The van der Waals surface area contributed by atoms with E-state index in [4.69, 9.17) is 4.74 Å². The number of benzene rings is 1. The zero-order valence-electron chi connectivity index (χ0n) is 14.1. The molecule has 1 fully saturated rings. The number of anilines is 1. The molecule has 1 saturated carbocycles. The van der Waals surface area contributed by atoms with Crippen LogP contribution in [-0.2, 0) is 4.74 Å². The number of nitrogens with one attached hydrogen (secondary N) is 1. The molecule has 1 aliphatic carbocycles. The number of amides is 1. The van der Waals surface area contributed by atoms with Gasteiger partial charge in [0.05, 0.1) is 15.8 Å². The van der Waals surface area contributed by atoms with Crippen LogP contribution in [-0.4, -0.2) is 23.0 Å². The number of nitrogens with zero attached hydrogens (tertiary/aromatic N) is 1. The number of para-hydroxylation sites is 1. The molecule has 0 spiro atoms. The van der Waals surface area contributed by atoms with Crippen LogP contribution in [0.2, 0.25) is 0 Å². The lowest BCUT2D eigenvalue weighted by Crippen LogP contribution is -2.21. The first-order chi connectivity index (χ1) is 12.7. The third-order valence-corrected chi connectivity index (χ3v) is 6.29. The fourth-order valence-electron chi connectivity index (χ4n) is 3.09.